The third-order valence-electron chi connectivity index (χ3n) is 3.62. The molecular formula is C11H16IN3O4. The number of amides is 3. The number of halogens is 1. The van der Waals surface area contributed by atoms with Gasteiger partial charge in [-0.3, -0.25) is 24.0 Å². The van der Waals surface area contributed by atoms with Crippen molar-refractivity contribution in [1.29, 1.82) is 0 Å². The molecule has 3 atom stereocenters. The van der Waals surface area contributed by atoms with Crippen LogP contribution in [0.3, 0.4) is 0 Å². The third-order valence-corrected chi connectivity index (χ3v) is 4.06. The van der Waals surface area contributed by atoms with Crippen LogP contribution >= 0.6 is 22.9 Å². The fourth-order valence-electron chi connectivity index (χ4n) is 2.74. The molecule has 1 saturated heterocycles. The van der Waals surface area contributed by atoms with Gasteiger partial charge in [0, 0.05) is 0 Å². The van der Waals surface area contributed by atoms with Gasteiger partial charge in [-0.25, -0.2) is 4.79 Å². The van der Waals surface area contributed by atoms with Crippen LogP contribution in [0.15, 0.2) is 0 Å². The summed E-state index contributed by atoms with van der Waals surface area (Å²) in [7, 11) is 0. The van der Waals surface area contributed by atoms with Gasteiger partial charge >= 0.3 is 6.09 Å². The Hall–Kier alpha value is -1.06. The molecule has 0 bridgehead atoms. The highest BCUT2D eigenvalue weighted by Crippen LogP contribution is 2.32. The Morgan fingerprint density at radius 3 is 2.58 bits per heavy atom. The molecule has 2 rings (SSSR count). The molecule has 8 heteroatoms. The lowest BCUT2D eigenvalue weighted by molar-refractivity contribution is -0.149. The molecule has 1 aliphatic carbocycles. The third kappa shape index (κ3) is 3.28. The zero-order valence-electron chi connectivity index (χ0n) is 10.3. The van der Waals surface area contributed by atoms with Gasteiger partial charge < -0.3 is 4.74 Å². The van der Waals surface area contributed by atoms with E-state index in [9.17, 15) is 14.4 Å². The van der Waals surface area contributed by atoms with Crippen LogP contribution < -0.4 is 14.4 Å². The normalized spacial score (nSPS) is 31.1. The highest BCUT2D eigenvalue weighted by Gasteiger charge is 2.44. The fraction of sp³-hybridized carbons (Fsp3) is 0.727. The van der Waals surface area contributed by atoms with Crippen LogP contribution in [0.5, 0.6) is 0 Å². The number of fused-ring (bicyclic) bond motifs is 1. The summed E-state index contributed by atoms with van der Waals surface area (Å²) in [6, 6.07) is 0. The van der Waals surface area contributed by atoms with Gasteiger partial charge in [0.15, 0.2) is 0 Å². The minimum Gasteiger partial charge on any atom is -0.445 e. The summed E-state index contributed by atoms with van der Waals surface area (Å²) in [5, 5.41) is 0. The average Bonchev–Trinajstić information content (AvgIpc) is 2.37. The maximum atomic E-state index is 12.0. The maximum Gasteiger partial charge on any atom is 0.416 e. The van der Waals surface area contributed by atoms with Gasteiger partial charge in [-0.2, -0.15) is 0 Å². The highest BCUT2D eigenvalue weighted by molar-refractivity contribution is 14.1. The van der Waals surface area contributed by atoms with E-state index in [2.05, 4.69) is 14.4 Å². The molecule has 106 valence electrons. The molecule has 3 amide bonds. The first-order valence-electron chi connectivity index (χ1n) is 6.30. The van der Waals surface area contributed by atoms with Crippen molar-refractivity contribution in [3.05, 3.63) is 0 Å². The minimum atomic E-state index is -0.595. The van der Waals surface area contributed by atoms with Crippen molar-refractivity contribution < 1.29 is 19.1 Å². The van der Waals surface area contributed by atoms with Gasteiger partial charge in [0.05, 0.1) is 34.7 Å². The Bertz CT molecular complexity index is 390. The summed E-state index contributed by atoms with van der Waals surface area (Å²) in [6.45, 7) is 0. The number of hydrogen-bond donors (Lipinski definition) is 3. The molecule has 1 saturated carbocycles. The van der Waals surface area contributed by atoms with Crippen LogP contribution in [0, 0.1) is 11.8 Å². The molecule has 0 aromatic carbocycles. The monoisotopic (exact) mass is 381 g/mol. The zero-order valence-corrected chi connectivity index (χ0v) is 12.4. The molecule has 0 spiro atoms. The second kappa shape index (κ2) is 6.40. The summed E-state index contributed by atoms with van der Waals surface area (Å²) in [5.41, 5.74) is 4.72. The number of ether oxygens (including phenoxy) is 1. The number of hydrazine groups is 1. The first-order chi connectivity index (χ1) is 9.13. The molecule has 1 aliphatic heterocycles. The molecule has 1 heterocycles. The van der Waals surface area contributed by atoms with Gasteiger partial charge in [-0.15, -0.1) is 0 Å². The summed E-state index contributed by atoms with van der Waals surface area (Å²) in [6.07, 6.45) is 2.89. The summed E-state index contributed by atoms with van der Waals surface area (Å²) in [4.78, 5) is 35.2. The average molecular weight is 381 g/mol. The van der Waals surface area contributed by atoms with Crippen LogP contribution in [0.4, 0.5) is 4.79 Å². The molecule has 0 aromatic heterocycles. The van der Waals surface area contributed by atoms with E-state index in [4.69, 9.17) is 4.74 Å². The quantitative estimate of drug-likeness (QED) is 0.462. The smallest absolute Gasteiger partial charge is 0.416 e. The van der Waals surface area contributed by atoms with Crippen LogP contribution in [0.2, 0.25) is 0 Å². The zero-order chi connectivity index (χ0) is 13.8. The van der Waals surface area contributed by atoms with Crippen LogP contribution in [0.1, 0.15) is 32.1 Å². The predicted molar refractivity (Wildman–Crippen MR) is 73.8 cm³/mol. The van der Waals surface area contributed by atoms with Crippen LogP contribution in [-0.2, 0) is 14.3 Å². The van der Waals surface area contributed by atoms with Crippen molar-refractivity contribution in [2.24, 2.45) is 11.8 Å². The topological polar surface area (TPSA) is 96.5 Å². The fourth-order valence-corrected chi connectivity index (χ4v) is 2.87. The Morgan fingerprint density at radius 2 is 1.84 bits per heavy atom. The number of carbonyl (C=O) groups excluding carboxylic acids is 3. The van der Waals surface area contributed by atoms with Gasteiger partial charge in [0.1, 0.15) is 6.10 Å². The van der Waals surface area contributed by atoms with E-state index in [1.165, 1.54) is 0 Å². The predicted octanol–water partition coefficient (Wildman–Crippen LogP) is 0.789. The van der Waals surface area contributed by atoms with Crippen LogP contribution in [-0.4, -0.2) is 24.0 Å². The first-order valence-corrected chi connectivity index (χ1v) is 7.38. The Morgan fingerprint density at radius 1 is 1.16 bits per heavy atom. The molecule has 2 fully saturated rings. The first kappa shape index (κ1) is 14.4. The number of rotatable bonds is 1. The lowest BCUT2D eigenvalue weighted by Gasteiger charge is -2.36. The number of nitrogens with one attached hydrogen (secondary N) is 3. The van der Waals surface area contributed by atoms with Crippen LogP contribution in [0.25, 0.3) is 0 Å². The SMILES string of the molecule is O=C(NI)OC1CCCCCC2C(=O)NNC(=O)C12. The largest absolute Gasteiger partial charge is 0.445 e. The van der Waals surface area contributed by atoms with Crippen molar-refractivity contribution in [2.75, 3.05) is 0 Å². The second-order valence-electron chi connectivity index (χ2n) is 4.79. The van der Waals surface area contributed by atoms with Gasteiger partial charge in [0.2, 0.25) is 11.8 Å². The van der Waals surface area contributed by atoms with Gasteiger partial charge in [-0.05, 0) is 19.3 Å². The van der Waals surface area contributed by atoms with Crippen molar-refractivity contribution in [3.63, 3.8) is 0 Å². The lowest BCUT2D eigenvalue weighted by atomic mass is 9.78. The summed E-state index contributed by atoms with van der Waals surface area (Å²) in [5.74, 6) is -1.49. The van der Waals surface area contributed by atoms with E-state index in [1.807, 2.05) is 0 Å². The van der Waals surface area contributed by atoms with Gasteiger partial charge in [0.25, 0.3) is 0 Å². The molecule has 3 N–H and O–H groups in total. The maximum absolute atomic E-state index is 12.0. The molecule has 2 aliphatic rings. The molecular weight excluding hydrogens is 365 g/mol. The van der Waals surface area contributed by atoms with Crippen molar-refractivity contribution >= 4 is 40.8 Å². The molecule has 3 unspecified atom stereocenters. The lowest BCUT2D eigenvalue weighted by Crippen LogP contribution is -2.60. The Labute approximate surface area is 124 Å². The van der Waals surface area contributed by atoms with E-state index in [1.54, 1.807) is 22.9 Å². The minimum absolute atomic E-state index is 0.199. The molecule has 19 heavy (non-hydrogen) atoms. The summed E-state index contributed by atoms with van der Waals surface area (Å²) < 4.78 is 7.61. The van der Waals surface area contributed by atoms with E-state index >= 15 is 0 Å². The highest BCUT2D eigenvalue weighted by atomic mass is 127. The Kier molecular flexibility index (Phi) is 4.83. The molecule has 0 radical (unpaired) electrons. The van der Waals surface area contributed by atoms with Crippen molar-refractivity contribution in [3.8, 4) is 0 Å². The number of hydrogen-bond acceptors (Lipinski definition) is 4. The van der Waals surface area contributed by atoms with E-state index < -0.39 is 24.0 Å². The van der Waals surface area contributed by atoms with Crippen molar-refractivity contribution in [2.45, 2.75) is 38.2 Å². The number of carbonyl (C=O) groups is 3. The van der Waals surface area contributed by atoms with Crippen molar-refractivity contribution in [1.82, 2.24) is 14.4 Å². The van der Waals surface area contributed by atoms with Gasteiger partial charge in [-0.1, -0.05) is 12.8 Å². The second-order valence-corrected chi connectivity index (χ2v) is 5.33. The molecule has 0 aromatic rings. The van der Waals surface area contributed by atoms with E-state index in [0.717, 1.165) is 19.3 Å². The van der Waals surface area contributed by atoms with E-state index in [0.29, 0.717) is 12.8 Å². The standard InChI is InChI=1S/C11H16IN3O4/c12-13-11(18)19-7-5-3-1-2-4-6-8(7)10(17)15-14-9(6)16/h6-8H,1-5H2,(H,13,18)(H,14,16)(H,15,17). The van der Waals surface area contributed by atoms with E-state index in [-0.39, 0.29) is 11.8 Å². The Balaban J connectivity index is 2.19. The molecule has 7 nitrogen and oxygen atoms in total. The summed E-state index contributed by atoms with van der Waals surface area (Å²) >= 11 is 1.68.